The molecule has 2 aromatic rings. The molecule has 110 valence electrons. The predicted molar refractivity (Wildman–Crippen MR) is 81.7 cm³/mol. The summed E-state index contributed by atoms with van der Waals surface area (Å²) >= 11 is 0. The van der Waals surface area contributed by atoms with Crippen molar-refractivity contribution in [3.63, 3.8) is 0 Å². The monoisotopic (exact) mass is 287 g/mol. The topological polar surface area (TPSA) is 54.0 Å². The first-order valence-electron chi connectivity index (χ1n) is 6.72. The maximum atomic E-state index is 12.9. The van der Waals surface area contributed by atoms with E-state index in [4.69, 9.17) is 0 Å². The van der Waals surface area contributed by atoms with Crippen LogP contribution < -0.4 is 10.6 Å². The van der Waals surface area contributed by atoms with Crippen LogP contribution in [0.4, 0.5) is 15.8 Å². The number of halogens is 1. The van der Waals surface area contributed by atoms with E-state index in [-0.39, 0.29) is 17.8 Å². The number of nitrogens with zero attached hydrogens (tertiary/aromatic N) is 1. The Kier molecular flexibility index (Phi) is 4.52. The lowest BCUT2D eigenvalue weighted by atomic mass is 10.1. The van der Waals surface area contributed by atoms with Crippen LogP contribution in [0.25, 0.3) is 0 Å². The fourth-order valence-corrected chi connectivity index (χ4v) is 2.00. The smallest absolute Gasteiger partial charge is 0.221 e. The number of nitrogens with one attached hydrogen (secondary N) is 2. The first-order chi connectivity index (χ1) is 9.95. The third-order valence-electron chi connectivity index (χ3n) is 3.13. The van der Waals surface area contributed by atoms with Crippen molar-refractivity contribution in [3.8, 4) is 0 Å². The Hall–Kier alpha value is -2.43. The van der Waals surface area contributed by atoms with Crippen LogP contribution in [0.2, 0.25) is 0 Å². The van der Waals surface area contributed by atoms with Crippen molar-refractivity contribution in [1.82, 2.24) is 4.98 Å². The standard InChI is InChI=1S/C16H18FN3O/c1-10-4-6-14(8-16(10)20-12(3)21)19-11(2)15-7-5-13(17)9-18-15/h4-9,11,19H,1-3H3,(H,20,21). The third kappa shape index (κ3) is 4.02. The lowest BCUT2D eigenvalue weighted by Gasteiger charge is -2.16. The Morgan fingerprint density at radius 2 is 2.05 bits per heavy atom. The number of anilines is 2. The minimum atomic E-state index is -0.353. The maximum Gasteiger partial charge on any atom is 0.221 e. The number of aromatic nitrogens is 1. The second-order valence-corrected chi connectivity index (χ2v) is 4.98. The van der Waals surface area contributed by atoms with E-state index in [1.165, 1.54) is 19.2 Å². The van der Waals surface area contributed by atoms with Gasteiger partial charge in [-0.05, 0) is 43.7 Å². The average molecular weight is 287 g/mol. The SMILES string of the molecule is CC(=O)Nc1cc(NC(C)c2ccc(F)cn2)ccc1C. The van der Waals surface area contributed by atoms with Gasteiger partial charge in [0.25, 0.3) is 0 Å². The quantitative estimate of drug-likeness (QED) is 0.902. The third-order valence-corrected chi connectivity index (χ3v) is 3.13. The molecule has 2 N–H and O–H groups in total. The number of carbonyl (C=O) groups is 1. The molecule has 0 spiro atoms. The van der Waals surface area contributed by atoms with Crippen LogP contribution >= 0.6 is 0 Å². The van der Waals surface area contributed by atoms with Crippen LogP contribution in [0.15, 0.2) is 36.5 Å². The molecule has 5 heteroatoms. The summed E-state index contributed by atoms with van der Waals surface area (Å²) in [6.07, 6.45) is 1.20. The Morgan fingerprint density at radius 1 is 1.29 bits per heavy atom. The zero-order valence-corrected chi connectivity index (χ0v) is 12.3. The molecule has 0 fully saturated rings. The number of aryl methyl sites for hydroxylation is 1. The molecule has 1 aromatic carbocycles. The van der Waals surface area contributed by atoms with Gasteiger partial charge in [-0.3, -0.25) is 9.78 Å². The predicted octanol–water partition coefficient (Wildman–Crippen LogP) is 3.66. The van der Waals surface area contributed by atoms with E-state index >= 15 is 0 Å². The van der Waals surface area contributed by atoms with E-state index < -0.39 is 0 Å². The number of hydrogen-bond acceptors (Lipinski definition) is 3. The minimum absolute atomic E-state index is 0.0708. The summed E-state index contributed by atoms with van der Waals surface area (Å²) in [5, 5.41) is 6.07. The van der Waals surface area contributed by atoms with E-state index in [0.717, 1.165) is 22.6 Å². The molecular formula is C16H18FN3O. The molecule has 0 aliphatic rings. The van der Waals surface area contributed by atoms with E-state index in [0.29, 0.717) is 0 Å². The van der Waals surface area contributed by atoms with Crippen LogP contribution in [0.1, 0.15) is 31.1 Å². The van der Waals surface area contributed by atoms with Crippen molar-refractivity contribution < 1.29 is 9.18 Å². The molecule has 1 atom stereocenters. The Bertz CT molecular complexity index is 640. The van der Waals surface area contributed by atoms with Crippen molar-refractivity contribution in [1.29, 1.82) is 0 Å². The van der Waals surface area contributed by atoms with Crippen LogP contribution in [-0.2, 0) is 4.79 Å². The highest BCUT2D eigenvalue weighted by molar-refractivity contribution is 5.90. The van der Waals surface area contributed by atoms with E-state index in [1.54, 1.807) is 6.07 Å². The fraction of sp³-hybridized carbons (Fsp3) is 0.250. The van der Waals surface area contributed by atoms with Crippen molar-refractivity contribution in [2.45, 2.75) is 26.8 Å². The van der Waals surface area contributed by atoms with Crippen LogP contribution in [0.3, 0.4) is 0 Å². The minimum Gasteiger partial charge on any atom is -0.377 e. The molecule has 0 saturated heterocycles. The number of rotatable bonds is 4. The summed E-state index contributed by atoms with van der Waals surface area (Å²) in [4.78, 5) is 15.2. The Labute approximate surface area is 123 Å². The van der Waals surface area contributed by atoms with Crippen LogP contribution in [0.5, 0.6) is 0 Å². The molecule has 1 aromatic heterocycles. The normalized spacial score (nSPS) is 11.8. The molecule has 0 saturated carbocycles. The highest BCUT2D eigenvalue weighted by Gasteiger charge is 2.08. The van der Waals surface area contributed by atoms with Gasteiger partial charge in [-0.15, -0.1) is 0 Å². The molecule has 0 aliphatic carbocycles. The van der Waals surface area contributed by atoms with Crippen LogP contribution in [-0.4, -0.2) is 10.9 Å². The van der Waals surface area contributed by atoms with Gasteiger partial charge in [0.05, 0.1) is 17.9 Å². The highest BCUT2D eigenvalue weighted by Crippen LogP contribution is 2.23. The molecule has 1 heterocycles. The van der Waals surface area contributed by atoms with Crippen molar-refractivity contribution in [2.24, 2.45) is 0 Å². The van der Waals surface area contributed by atoms with E-state index in [9.17, 15) is 9.18 Å². The summed E-state index contributed by atoms with van der Waals surface area (Å²) in [7, 11) is 0. The molecule has 0 radical (unpaired) electrons. The van der Waals surface area contributed by atoms with Gasteiger partial charge >= 0.3 is 0 Å². The average Bonchev–Trinajstić information content (AvgIpc) is 2.42. The summed E-state index contributed by atoms with van der Waals surface area (Å²) in [6.45, 7) is 5.35. The summed E-state index contributed by atoms with van der Waals surface area (Å²) in [6, 6.07) is 8.70. The summed E-state index contributed by atoms with van der Waals surface area (Å²) in [5.41, 5.74) is 3.37. The summed E-state index contributed by atoms with van der Waals surface area (Å²) < 4.78 is 12.9. The number of pyridine rings is 1. The maximum absolute atomic E-state index is 12.9. The highest BCUT2D eigenvalue weighted by atomic mass is 19.1. The lowest BCUT2D eigenvalue weighted by molar-refractivity contribution is -0.114. The number of carbonyl (C=O) groups excluding carboxylic acids is 1. The van der Waals surface area contributed by atoms with Gasteiger partial charge in [0.1, 0.15) is 5.82 Å². The molecule has 2 rings (SSSR count). The van der Waals surface area contributed by atoms with Gasteiger partial charge < -0.3 is 10.6 Å². The number of amides is 1. The molecule has 4 nitrogen and oxygen atoms in total. The second kappa shape index (κ2) is 6.35. The van der Waals surface area contributed by atoms with Crippen molar-refractivity contribution >= 4 is 17.3 Å². The molecule has 0 aliphatic heterocycles. The fourth-order valence-electron chi connectivity index (χ4n) is 2.00. The molecule has 0 bridgehead atoms. The van der Waals surface area contributed by atoms with Crippen molar-refractivity contribution in [2.75, 3.05) is 10.6 Å². The second-order valence-electron chi connectivity index (χ2n) is 4.98. The zero-order valence-electron chi connectivity index (χ0n) is 12.3. The first kappa shape index (κ1) is 15.0. The molecule has 1 amide bonds. The van der Waals surface area contributed by atoms with Gasteiger partial charge in [-0.2, -0.15) is 0 Å². The summed E-state index contributed by atoms with van der Waals surface area (Å²) in [5.74, 6) is -0.460. The Morgan fingerprint density at radius 3 is 2.67 bits per heavy atom. The van der Waals surface area contributed by atoms with E-state index in [1.807, 2.05) is 32.0 Å². The zero-order chi connectivity index (χ0) is 15.4. The molecular weight excluding hydrogens is 269 g/mol. The lowest BCUT2D eigenvalue weighted by Crippen LogP contribution is -2.10. The van der Waals surface area contributed by atoms with Gasteiger partial charge in [0, 0.05) is 18.3 Å². The van der Waals surface area contributed by atoms with Gasteiger partial charge in [-0.1, -0.05) is 6.07 Å². The van der Waals surface area contributed by atoms with Crippen LogP contribution in [0, 0.1) is 12.7 Å². The van der Waals surface area contributed by atoms with E-state index in [2.05, 4.69) is 15.6 Å². The van der Waals surface area contributed by atoms with Crippen molar-refractivity contribution in [3.05, 3.63) is 53.6 Å². The molecule has 21 heavy (non-hydrogen) atoms. The number of hydrogen-bond donors (Lipinski definition) is 2. The van der Waals surface area contributed by atoms with Gasteiger partial charge in [0.15, 0.2) is 0 Å². The number of benzene rings is 1. The Balaban J connectivity index is 2.15. The molecule has 1 unspecified atom stereocenters. The van der Waals surface area contributed by atoms with Gasteiger partial charge in [-0.25, -0.2) is 4.39 Å². The largest absolute Gasteiger partial charge is 0.377 e. The van der Waals surface area contributed by atoms with Gasteiger partial charge in [0.2, 0.25) is 5.91 Å². The first-order valence-corrected chi connectivity index (χ1v) is 6.72.